The number of anilines is 1. The van der Waals surface area contributed by atoms with Gasteiger partial charge in [-0.2, -0.15) is 0 Å². The number of hydrogen-bond acceptors (Lipinski definition) is 3. The Morgan fingerprint density at radius 3 is 2.30 bits per heavy atom. The molecule has 20 heavy (non-hydrogen) atoms. The molecule has 0 radical (unpaired) electrons. The number of para-hydroxylation sites is 1. The zero-order chi connectivity index (χ0) is 15.3. The van der Waals surface area contributed by atoms with E-state index in [4.69, 9.17) is 5.11 Å². The summed E-state index contributed by atoms with van der Waals surface area (Å²) >= 11 is 0. The zero-order valence-corrected chi connectivity index (χ0v) is 12.4. The molecule has 0 aliphatic heterocycles. The van der Waals surface area contributed by atoms with Gasteiger partial charge in [-0.3, -0.25) is 14.5 Å². The van der Waals surface area contributed by atoms with E-state index in [1.807, 2.05) is 39.0 Å². The number of likely N-dealkylation sites (N-methyl/N-ethyl adjacent to an activating group) is 1. The largest absolute Gasteiger partial charge is 0.480 e. The molecule has 0 bridgehead atoms. The molecule has 110 valence electrons. The SMILES string of the molecule is CCN(CC(=O)Nc1c(C)cccc1C)[C@@H](C)C(=O)O. The third-order valence-corrected chi connectivity index (χ3v) is 3.40. The van der Waals surface area contributed by atoms with Crippen LogP contribution in [-0.2, 0) is 9.59 Å². The van der Waals surface area contributed by atoms with E-state index in [-0.39, 0.29) is 12.5 Å². The van der Waals surface area contributed by atoms with Crippen molar-refractivity contribution in [3.05, 3.63) is 29.3 Å². The van der Waals surface area contributed by atoms with E-state index in [1.165, 1.54) is 0 Å². The summed E-state index contributed by atoms with van der Waals surface area (Å²) in [7, 11) is 0. The number of carboxylic acids is 1. The molecule has 1 aromatic carbocycles. The van der Waals surface area contributed by atoms with Crippen molar-refractivity contribution in [2.45, 2.75) is 33.7 Å². The standard InChI is InChI=1S/C15H22N2O3/c1-5-17(12(4)15(19)20)9-13(18)16-14-10(2)7-6-8-11(14)3/h6-8,12H,5,9H2,1-4H3,(H,16,18)(H,19,20)/t12-/m0/s1. The molecule has 0 heterocycles. The summed E-state index contributed by atoms with van der Waals surface area (Å²) < 4.78 is 0. The summed E-state index contributed by atoms with van der Waals surface area (Å²) in [5.74, 6) is -1.12. The first-order chi connectivity index (χ1) is 9.36. The van der Waals surface area contributed by atoms with E-state index in [0.717, 1.165) is 16.8 Å². The summed E-state index contributed by atoms with van der Waals surface area (Å²) in [6, 6.07) is 5.12. The Balaban J connectivity index is 2.74. The third kappa shape index (κ3) is 4.06. The van der Waals surface area contributed by atoms with Crippen LogP contribution in [-0.4, -0.2) is 41.0 Å². The van der Waals surface area contributed by atoms with Crippen molar-refractivity contribution in [1.29, 1.82) is 0 Å². The van der Waals surface area contributed by atoms with Crippen LogP contribution in [0.4, 0.5) is 5.69 Å². The maximum absolute atomic E-state index is 12.1. The molecule has 1 amide bonds. The van der Waals surface area contributed by atoms with Crippen molar-refractivity contribution < 1.29 is 14.7 Å². The van der Waals surface area contributed by atoms with Crippen LogP contribution in [0.25, 0.3) is 0 Å². The highest BCUT2D eigenvalue weighted by atomic mass is 16.4. The topological polar surface area (TPSA) is 69.6 Å². The van der Waals surface area contributed by atoms with E-state index < -0.39 is 12.0 Å². The van der Waals surface area contributed by atoms with E-state index in [1.54, 1.807) is 11.8 Å². The zero-order valence-electron chi connectivity index (χ0n) is 12.4. The normalized spacial score (nSPS) is 12.2. The fourth-order valence-corrected chi connectivity index (χ4v) is 2.05. The van der Waals surface area contributed by atoms with Gasteiger partial charge in [-0.15, -0.1) is 0 Å². The number of carbonyl (C=O) groups excluding carboxylic acids is 1. The van der Waals surface area contributed by atoms with Gasteiger partial charge >= 0.3 is 5.97 Å². The molecule has 0 saturated carbocycles. The van der Waals surface area contributed by atoms with Crippen molar-refractivity contribution in [2.75, 3.05) is 18.4 Å². The molecule has 1 rings (SSSR count). The molecule has 0 unspecified atom stereocenters. The van der Waals surface area contributed by atoms with Crippen LogP contribution >= 0.6 is 0 Å². The van der Waals surface area contributed by atoms with Gasteiger partial charge in [0.1, 0.15) is 6.04 Å². The van der Waals surface area contributed by atoms with Gasteiger partial charge in [-0.05, 0) is 38.4 Å². The fraction of sp³-hybridized carbons (Fsp3) is 0.467. The van der Waals surface area contributed by atoms with Gasteiger partial charge in [-0.1, -0.05) is 25.1 Å². The predicted molar refractivity (Wildman–Crippen MR) is 78.9 cm³/mol. The van der Waals surface area contributed by atoms with Crippen molar-refractivity contribution in [1.82, 2.24) is 4.90 Å². The second-order valence-corrected chi connectivity index (χ2v) is 4.89. The smallest absolute Gasteiger partial charge is 0.320 e. The van der Waals surface area contributed by atoms with E-state index in [9.17, 15) is 9.59 Å². The van der Waals surface area contributed by atoms with E-state index >= 15 is 0 Å². The molecule has 5 nitrogen and oxygen atoms in total. The minimum absolute atomic E-state index is 0.0672. The summed E-state index contributed by atoms with van der Waals surface area (Å²) in [6.45, 7) is 7.86. The minimum atomic E-state index is -0.924. The van der Waals surface area contributed by atoms with Crippen LogP contribution in [0.2, 0.25) is 0 Å². The Kier molecular flexibility index (Phi) is 5.70. The summed E-state index contributed by atoms with van der Waals surface area (Å²) in [5.41, 5.74) is 2.79. The molecular weight excluding hydrogens is 256 g/mol. The number of carbonyl (C=O) groups is 2. The fourth-order valence-electron chi connectivity index (χ4n) is 2.05. The Hall–Kier alpha value is -1.88. The van der Waals surface area contributed by atoms with Crippen molar-refractivity contribution in [3.8, 4) is 0 Å². The summed E-state index contributed by atoms with van der Waals surface area (Å²) in [5, 5.41) is 11.9. The minimum Gasteiger partial charge on any atom is -0.480 e. The molecule has 1 aromatic rings. The van der Waals surface area contributed by atoms with E-state index in [0.29, 0.717) is 6.54 Å². The Labute approximate surface area is 119 Å². The molecule has 5 heteroatoms. The van der Waals surface area contributed by atoms with Gasteiger partial charge in [-0.25, -0.2) is 0 Å². The molecule has 1 atom stereocenters. The highest BCUT2D eigenvalue weighted by Gasteiger charge is 2.21. The number of amides is 1. The molecule has 0 fully saturated rings. The second kappa shape index (κ2) is 7.05. The Morgan fingerprint density at radius 1 is 1.30 bits per heavy atom. The maximum Gasteiger partial charge on any atom is 0.320 e. The number of hydrogen-bond donors (Lipinski definition) is 2. The van der Waals surface area contributed by atoms with Crippen molar-refractivity contribution >= 4 is 17.6 Å². The molecule has 0 aliphatic rings. The highest BCUT2D eigenvalue weighted by molar-refractivity contribution is 5.94. The van der Waals surface area contributed by atoms with Crippen LogP contribution in [0.5, 0.6) is 0 Å². The lowest BCUT2D eigenvalue weighted by Crippen LogP contribution is -2.43. The Morgan fingerprint density at radius 2 is 1.85 bits per heavy atom. The molecular formula is C15H22N2O3. The van der Waals surface area contributed by atoms with Gasteiger partial charge in [0, 0.05) is 5.69 Å². The number of rotatable bonds is 6. The average molecular weight is 278 g/mol. The monoisotopic (exact) mass is 278 g/mol. The van der Waals surface area contributed by atoms with Crippen LogP contribution < -0.4 is 5.32 Å². The number of nitrogens with zero attached hydrogens (tertiary/aromatic N) is 1. The van der Waals surface area contributed by atoms with Crippen LogP contribution in [0, 0.1) is 13.8 Å². The average Bonchev–Trinajstić information content (AvgIpc) is 2.39. The summed E-state index contributed by atoms with van der Waals surface area (Å²) in [4.78, 5) is 24.7. The predicted octanol–water partition coefficient (Wildman–Crippen LogP) is 2.04. The van der Waals surface area contributed by atoms with Crippen LogP contribution in [0.15, 0.2) is 18.2 Å². The first-order valence-corrected chi connectivity index (χ1v) is 6.69. The maximum atomic E-state index is 12.1. The molecule has 0 aliphatic carbocycles. The van der Waals surface area contributed by atoms with Gasteiger partial charge < -0.3 is 10.4 Å². The van der Waals surface area contributed by atoms with Crippen molar-refractivity contribution in [2.24, 2.45) is 0 Å². The number of aliphatic carboxylic acids is 1. The molecule has 2 N–H and O–H groups in total. The van der Waals surface area contributed by atoms with Gasteiger partial charge in [0.05, 0.1) is 6.54 Å². The van der Waals surface area contributed by atoms with Gasteiger partial charge in [0.25, 0.3) is 0 Å². The van der Waals surface area contributed by atoms with Gasteiger partial charge in [0.15, 0.2) is 0 Å². The lowest BCUT2D eigenvalue weighted by Gasteiger charge is -2.24. The molecule has 0 spiro atoms. The number of nitrogens with one attached hydrogen (secondary N) is 1. The Bertz CT molecular complexity index is 480. The second-order valence-electron chi connectivity index (χ2n) is 4.89. The van der Waals surface area contributed by atoms with E-state index in [2.05, 4.69) is 5.32 Å². The first-order valence-electron chi connectivity index (χ1n) is 6.69. The highest BCUT2D eigenvalue weighted by Crippen LogP contribution is 2.19. The lowest BCUT2D eigenvalue weighted by molar-refractivity contribution is -0.142. The first kappa shape index (κ1) is 16.2. The summed E-state index contributed by atoms with van der Waals surface area (Å²) in [6.07, 6.45) is 0. The number of carboxylic acid groups (broad SMARTS) is 1. The molecule has 0 aromatic heterocycles. The number of benzene rings is 1. The van der Waals surface area contributed by atoms with Gasteiger partial charge in [0.2, 0.25) is 5.91 Å². The van der Waals surface area contributed by atoms with Crippen LogP contribution in [0.1, 0.15) is 25.0 Å². The number of aryl methyl sites for hydroxylation is 2. The van der Waals surface area contributed by atoms with Crippen LogP contribution in [0.3, 0.4) is 0 Å². The quantitative estimate of drug-likeness (QED) is 0.835. The van der Waals surface area contributed by atoms with Crippen molar-refractivity contribution in [3.63, 3.8) is 0 Å². The lowest BCUT2D eigenvalue weighted by atomic mass is 10.1. The third-order valence-electron chi connectivity index (χ3n) is 3.40. The molecule has 0 saturated heterocycles.